The second-order valence-electron chi connectivity index (χ2n) is 3.97. The molecule has 4 nitrogen and oxygen atoms in total. The van der Waals surface area contributed by atoms with Crippen LogP contribution in [0.15, 0.2) is 18.3 Å². The van der Waals surface area contributed by atoms with Gasteiger partial charge in [-0.25, -0.2) is 9.78 Å². The quantitative estimate of drug-likeness (QED) is 0.877. The molecular formula is C12H8Cl2N2O2S. The van der Waals surface area contributed by atoms with Crippen LogP contribution in [0.3, 0.4) is 0 Å². The number of cyclic esters (lactones) is 1. The van der Waals surface area contributed by atoms with Gasteiger partial charge >= 0.3 is 5.97 Å². The number of anilines is 1. The highest BCUT2D eigenvalue weighted by molar-refractivity contribution is 7.15. The molecule has 0 aliphatic carbocycles. The van der Waals surface area contributed by atoms with Crippen LogP contribution < -0.4 is 5.32 Å². The molecule has 2 aromatic rings. The van der Waals surface area contributed by atoms with Gasteiger partial charge in [-0.3, -0.25) is 0 Å². The fourth-order valence-corrected chi connectivity index (χ4v) is 3.04. The van der Waals surface area contributed by atoms with Crippen LogP contribution in [0.4, 0.5) is 5.69 Å². The number of fused-ring (bicyclic) bond motifs is 1. The van der Waals surface area contributed by atoms with E-state index < -0.39 is 0 Å². The molecule has 0 saturated carbocycles. The number of thiazole rings is 1. The highest BCUT2D eigenvalue weighted by atomic mass is 35.5. The summed E-state index contributed by atoms with van der Waals surface area (Å²) in [5.41, 5.74) is 1.97. The lowest BCUT2D eigenvalue weighted by Crippen LogP contribution is -2.05. The fourth-order valence-electron chi connectivity index (χ4n) is 1.90. The zero-order valence-electron chi connectivity index (χ0n) is 9.57. The summed E-state index contributed by atoms with van der Waals surface area (Å²) >= 11 is 13.3. The van der Waals surface area contributed by atoms with Gasteiger partial charge in [0.05, 0.1) is 22.8 Å². The lowest BCUT2D eigenvalue weighted by molar-refractivity contribution is 0.0536. The van der Waals surface area contributed by atoms with Gasteiger partial charge in [-0.2, -0.15) is 0 Å². The number of carbonyl (C=O) groups is 1. The molecule has 1 aliphatic rings. The van der Waals surface area contributed by atoms with Gasteiger partial charge < -0.3 is 10.1 Å². The Labute approximate surface area is 123 Å². The number of hydrogen-bond acceptors (Lipinski definition) is 5. The van der Waals surface area contributed by atoms with Crippen molar-refractivity contribution in [3.8, 4) is 0 Å². The predicted molar refractivity (Wildman–Crippen MR) is 75.0 cm³/mol. The predicted octanol–water partition coefficient (Wildman–Crippen LogP) is 3.73. The summed E-state index contributed by atoms with van der Waals surface area (Å²) in [5.74, 6) is -0.345. The standard InChI is InChI=1S/C12H8Cl2N2O2S/c13-8-2-1-6-5-18-11(17)9(6)10(8)15-3-7-4-16-12(14)19-7/h1-2,4,15H,3,5H2. The van der Waals surface area contributed by atoms with Crippen molar-refractivity contribution in [2.75, 3.05) is 5.32 Å². The van der Waals surface area contributed by atoms with Crippen molar-refractivity contribution in [2.45, 2.75) is 13.2 Å². The van der Waals surface area contributed by atoms with Crippen molar-refractivity contribution in [1.82, 2.24) is 4.98 Å². The highest BCUT2D eigenvalue weighted by Crippen LogP contribution is 2.34. The Morgan fingerprint density at radius 3 is 3.00 bits per heavy atom. The van der Waals surface area contributed by atoms with E-state index in [1.165, 1.54) is 11.3 Å². The first kappa shape index (κ1) is 12.7. The minimum atomic E-state index is -0.345. The zero-order valence-corrected chi connectivity index (χ0v) is 11.9. The summed E-state index contributed by atoms with van der Waals surface area (Å²) in [6, 6.07) is 3.56. The lowest BCUT2D eigenvalue weighted by atomic mass is 10.1. The van der Waals surface area contributed by atoms with Gasteiger partial charge in [0.2, 0.25) is 0 Å². The largest absolute Gasteiger partial charge is 0.457 e. The first-order valence-corrected chi connectivity index (χ1v) is 7.05. The molecule has 1 aromatic heterocycles. The van der Waals surface area contributed by atoms with Gasteiger partial charge in [-0.15, -0.1) is 11.3 Å². The summed E-state index contributed by atoms with van der Waals surface area (Å²) in [7, 11) is 0. The Morgan fingerprint density at radius 2 is 2.26 bits per heavy atom. The molecule has 98 valence electrons. The van der Waals surface area contributed by atoms with Gasteiger partial charge in [0.15, 0.2) is 4.47 Å². The Morgan fingerprint density at radius 1 is 1.42 bits per heavy atom. The third kappa shape index (κ3) is 2.41. The molecule has 1 aromatic carbocycles. The number of rotatable bonds is 3. The van der Waals surface area contributed by atoms with E-state index in [1.54, 1.807) is 18.3 Å². The molecule has 0 spiro atoms. The summed E-state index contributed by atoms with van der Waals surface area (Å²) in [5, 5.41) is 3.65. The molecule has 0 radical (unpaired) electrons. The average Bonchev–Trinajstić information content (AvgIpc) is 2.96. The van der Waals surface area contributed by atoms with Gasteiger partial charge in [0.25, 0.3) is 0 Å². The number of ether oxygens (including phenoxy) is 1. The molecule has 0 saturated heterocycles. The maximum Gasteiger partial charge on any atom is 0.341 e. The molecule has 0 fully saturated rings. The fraction of sp³-hybridized carbons (Fsp3) is 0.167. The smallest absolute Gasteiger partial charge is 0.341 e. The van der Waals surface area contributed by atoms with Crippen molar-refractivity contribution < 1.29 is 9.53 Å². The van der Waals surface area contributed by atoms with Crippen molar-refractivity contribution in [1.29, 1.82) is 0 Å². The van der Waals surface area contributed by atoms with Gasteiger partial charge in [0.1, 0.15) is 6.61 Å². The molecule has 0 bridgehead atoms. The normalized spacial score (nSPS) is 13.3. The number of benzene rings is 1. The van der Waals surface area contributed by atoms with Crippen LogP contribution in [0.1, 0.15) is 20.8 Å². The third-order valence-corrected chi connectivity index (χ3v) is 4.20. The SMILES string of the molecule is O=C1OCc2ccc(Cl)c(NCc3cnc(Cl)s3)c21. The molecule has 3 rings (SSSR count). The maximum atomic E-state index is 11.7. The Balaban J connectivity index is 1.88. The van der Waals surface area contributed by atoms with E-state index in [1.807, 2.05) is 0 Å². The molecular weight excluding hydrogens is 307 g/mol. The molecule has 2 heterocycles. The summed E-state index contributed by atoms with van der Waals surface area (Å²) < 4.78 is 5.49. The topological polar surface area (TPSA) is 51.2 Å². The summed E-state index contributed by atoms with van der Waals surface area (Å²) in [6.45, 7) is 0.806. The van der Waals surface area contributed by atoms with Crippen molar-refractivity contribution in [3.05, 3.63) is 43.8 Å². The third-order valence-electron chi connectivity index (χ3n) is 2.77. The van der Waals surface area contributed by atoms with Gasteiger partial charge in [-0.05, 0) is 6.07 Å². The highest BCUT2D eigenvalue weighted by Gasteiger charge is 2.26. The molecule has 19 heavy (non-hydrogen) atoms. The second kappa shape index (κ2) is 5.00. The first-order valence-electron chi connectivity index (χ1n) is 5.47. The monoisotopic (exact) mass is 314 g/mol. The molecule has 7 heteroatoms. The van der Waals surface area contributed by atoms with Crippen LogP contribution in [0.2, 0.25) is 9.49 Å². The van der Waals surface area contributed by atoms with Crippen LogP contribution in [0, 0.1) is 0 Å². The van der Waals surface area contributed by atoms with E-state index in [2.05, 4.69) is 10.3 Å². The number of halogens is 2. The number of aromatic nitrogens is 1. The number of carbonyl (C=O) groups excluding carboxylic acids is 1. The van der Waals surface area contributed by atoms with Gasteiger partial charge in [0, 0.05) is 16.6 Å². The van der Waals surface area contributed by atoms with E-state index in [9.17, 15) is 4.79 Å². The van der Waals surface area contributed by atoms with Crippen LogP contribution in [-0.4, -0.2) is 11.0 Å². The Hall–Kier alpha value is -1.30. The van der Waals surface area contributed by atoms with Crippen LogP contribution in [-0.2, 0) is 17.9 Å². The van der Waals surface area contributed by atoms with Crippen molar-refractivity contribution in [3.63, 3.8) is 0 Å². The van der Waals surface area contributed by atoms with E-state index >= 15 is 0 Å². The zero-order chi connectivity index (χ0) is 13.4. The molecule has 1 aliphatic heterocycles. The van der Waals surface area contributed by atoms with Crippen molar-refractivity contribution >= 4 is 46.2 Å². The number of nitrogens with one attached hydrogen (secondary N) is 1. The summed E-state index contributed by atoms with van der Waals surface area (Å²) in [4.78, 5) is 16.6. The second-order valence-corrected chi connectivity index (χ2v) is 6.07. The van der Waals surface area contributed by atoms with E-state index in [-0.39, 0.29) is 5.97 Å². The number of esters is 1. The number of nitrogens with zero attached hydrogens (tertiary/aromatic N) is 1. The van der Waals surface area contributed by atoms with E-state index in [4.69, 9.17) is 27.9 Å². The Bertz CT molecular complexity index is 657. The molecule has 0 amide bonds. The molecule has 1 N–H and O–H groups in total. The molecule has 0 unspecified atom stereocenters. The van der Waals surface area contributed by atoms with Crippen LogP contribution in [0.5, 0.6) is 0 Å². The minimum absolute atomic E-state index is 0.298. The number of hydrogen-bond donors (Lipinski definition) is 1. The van der Waals surface area contributed by atoms with Crippen molar-refractivity contribution in [2.24, 2.45) is 0 Å². The molecule has 0 atom stereocenters. The van der Waals surface area contributed by atoms with Gasteiger partial charge in [-0.1, -0.05) is 29.3 Å². The van der Waals surface area contributed by atoms with Crippen LogP contribution >= 0.6 is 34.5 Å². The maximum absolute atomic E-state index is 11.7. The summed E-state index contributed by atoms with van der Waals surface area (Å²) in [6.07, 6.45) is 1.69. The Kier molecular flexibility index (Phi) is 3.35. The average molecular weight is 315 g/mol. The van der Waals surface area contributed by atoms with E-state index in [0.29, 0.717) is 33.9 Å². The first-order chi connectivity index (χ1) is 9.15. The lowest BCUT2D eigenvalue weighted by Gasteiger charge is -2.10. The minimum Gasteiger partial charge on any atom is -0.457 e. The van der Waals surface area contributed by atoms with Crippen LogP contribution in [0.25, 0.3) is 0 Å². The van der Waals surface area contributed by atoms with E-state index in [0.717, 1.165) is 10.4 Å².